The summed E-state index contributed by atoms with van der Waals surface area (Å²) in [6.45, 7) is 8.83. The van der Waals surface area contributed by atoms with E-state index < -0.39 is 0 Å². The number of phenolic OH excluding ortho intramolecular Hbond substituents is 1. The van der Waals surface area contributed by atoms with Crippen molar-refractivity contribution in [1.82, 2.24) is 9.55 Å². The van der Waals surface area contributed by atoms with E-state index in [9.17, 15) is 5.11 Å². The Balaban J connectivity index is 2.29. The number of aromatic hydroxyl groups is 1. The van der Waals surface area contributed by atoms with Gasteiger partial charge in [0.15, 0.2) is 0 Å². The van der Waals surface area contributed by atoms with E-state index in [2.05, 4.69) is 65.3 Å². The monoisotopic (exact) mass is 398 g/mol. The third-order valence-electron chi connectivity index (χ3n) is 4.36. The molecule has 25 heavy (non-hydrogen) atoms. The molecule has 0 saturated heterocycles. The summed E-state index contributed by atoms with van der Waals surface area (Å²) in [4.78, 5) is 4.57. The highest BCUT2D eigenvalue weighted by atomic mass is 79.9. The van der Waals surface area contributed by atoms with Crippen molar-refractivity contribution in [2.24, 2.45) is 0 Å². The number of hydrogen-bond acceptors (Lipinski definition) is 2. The number of benzene rings is 2. The Bertz CT molecular complexity index is 867. The van der Waals surface area contributed by atoms with Crippen LogP contribution in [0.2, 0.25) is 0 Å². The highest BCUT2D eigenvalue weighted by Crippen LogP contribution is 2.36. The van der Waals surface area contributed by atoms with Gasteiger partial charge in [-0.1, -0.05) is 55.8 Å². The van der Waals surface area contributed by atoms with Gasteiger partial charge in [-0.2, -0.15) is 0 Å². The van der Waals surface area contributed by atoms with Gasteiger partial charge in [-0.15, -0.1) is 0 Å². The minimum Gasteiger partial charge on any atom is -0.508 e. The molecule has 0 saturated carbocycles. The molecular formula is C21H23BrN2O. The van der Waals surface area contributed by atoms with Gasteiger partial charge in [-0.3, -0.25) is 4.57 Å². The maximum absolute atomic E-state index is 9.85. The van der Waals surface area contributed by atoms with E-state index in [1.807, 2.05) is 24.5 Å². The highest BCUT2D eigenvalue weighted by Gasteiger charge is 2.19. The van der Waals surface area contributed by atoms with Gasteiger partial charge < -0.3 is 5.11 Å². The predicted octanol–water partition coefficient (Wildman–Crippen LogP) is 6.25. The molecule has 0 unspecified atom stereocenters. The molecule has 3 nitrogen and oxygen atoms in total. The number of aromatic nitrogens is 2. The van der Waals surface area contributed by atoms with Crippen molar-refractivity contribution in [1.29, 1.82) is 0 Å². The molecule has 0 aliphatic rings. The fourth-order valence-electron chi connectivity index (χ4n) is 3.14. The molecule has 3 aromatic rings. The summed E-state index contributed by atoms with van der Waals surface area (Å²) >= 11 is 3.66. The van der Waals surface area contributed by atoms with Crippen molar-refractivity contribution in [3.8, 4) is 22.8 Å². The molecule has 0 radical (unpaired) electrons. The standard InChI is InChI=1S/C21H23BrN2O/c1-13(2)18-11-16(22)12-19(14(3)4)20(18)24-9-8-23-21(24)15-6-5-7-17(25)10-15/h5-14,25H,1-4H3. The van der Waals surface area contributed by atoms with E-state index in [-0.39, 0.29) is 5.75 Å². The average molecular weight is 399 g/mol. The van der Waals surface area contributed by atoms with Crippen LogP contribution in [0.15, 0.2) is 53.3 Å². The first-order chi connectivity index (χ1) is 11.9. The normalized spacial score (nSPS) is 11.5. The first-order valence-corrected chi connectivity index (χ1v) is 9.34. The molecule has 0 fully saturated rings. The van der Waals surface area contributed by atoms with Crippen LogP contribution in [-0.2, 0) is 0 Å². The number of rotatable bonds is 4. The fraction of sp³-hybridized carbons (Fsp3) is 0.286. The zero-order chi connectivity index (χ0) is 18.1. The summed E-state index contributed by atoms with van der Waals surface area (Å²) in [6.07, 6.45) is 3.82. The summed E-state index contributed by atoms with van der Waals surface area (Å²) in [5.74, 6) is 1.84. The quantitative estimate of drug-likeness (QED) is 0.563. The molecule has 0 amide bonds. The summed E-state index contributed by atoms with van der Waals surface area (Å²) in [7, 11) is 0. The van der Waals surface area contributed by atoms with Crippen molar-refractivity contribution in [2.45, 2.75) is 39.5 Å². The van der Waals surface area contributed by atoms with E-state index in [4.69, 9.17) is 0 Å². The molecule has 0 aliphatic carbocycles. The molecule has 130 valence electrons. The first-order valence-electron chi connectivity index (χ1n) is 8.55. The van der Waals surface area contributed by atoms with Gasteiger partial charge in [0.2, 0.25) is 0 Å². The lowest BCUT2D eigenvalue weighted by molar-refractivity contribution is 0.475. The number of phenols is 1. The molecule has 4 heteroatoms. The van der Waals surface area contributed by atoms with Gasteiger partial charge in [0.05, 0.1) is 5.69 Å². The lowest BCUT2D eigenvalue weighted by atomic mass is 9.92. The summed E-state index contributed by atoms with van der Waals surface area (Å²) in [6, 6.07) is 11.6. The summed E-state index contributed by atoms with van der Waals surface area (Å²) in [5, 5.41) is 9.85. The zero-order valence-electron chi connectivity index (χ0n) is 15.0. The lowest BCUT2D eigenvalue weighted by Gasteiger charge is -2.22. The molecule has 0 spiro atoms. The van der Waals surface area contributed by atoms with Crippen LogP contribution in [0.3, 0.4) is 0 Å². The van der Waals surface area contributed by atoms with Crippen molar-refractivity contribution < 1.29 is 5.11 Å². The van der Waals surface area contributed by atoms with Crippen LogP contribution in [0.25, 0.3) is 17.1 Å². The van der Waals surface area contributed by atoms with Crippen LogP contribution in [-0.4, -0.2) is 14.7 Å². The Morgan fingerprint density at radius 1 is 1.00 bits per heavy atom. The van der Waals surface area contributed by atoms with Crippen molar-refractivity contribution >= 4 is 15.9 Å². The molecular weight excluding hydrogens is 376 g/mol. The smallest absolute Gasteiger partial charge is 0.144 e. The molecule has 1 aromatic heterocycles. The third kappa shape index (κ3) is 3.49. The van der Waals surface area contributed by atoms with Crippen molar-refractivity contribution in [3.05, 3.63) is 64.4 Å². The number of hydrogen-bond donors (Lipinski definition) is 1. The number of halogens is 1. The third-order valence-corrected chi connectivity index (χ3v) is 4.82. The second-order valence-corrected chi connectivity index (χ2v) is 7.83. The lowest BCUT2D eigenvalue weighted by Crippen LogP contribution is -2.08. The molecule has 2 aromatic carbocycles. The number of imidazole rings is 1. The van der Waals surface area contributed by atoms with E-state index >= 15 is 0 Å². The van der Waals surface area contributed by atoms with Crippen LogP contribution in [0, 0.1) is 0 Å². The Morgan fingerprint density at radius 3 is 2.20 bits per heavy atom. The van der Waals surface area contributed by atoms with Gasteiger partial charge in [0.1, 0.15) is 11.6 Å². The van der Waals surface area contributed by atoms with Gasteiger partial charge in [-0.05, 0) is 47.2 Å². The van der Waals surface area contributed by atoms with Crippen molar-refractivity contribution in [2.75, 3.05) is 0 Å². The Hall–Kier alpha value is -2.07. The minimum absolute atomic E-state index is 0.246. The van der Waals surface area contributed by atoms with E-state index in [1.165, 1.54) is 16.8 Å². The van der Waals surface area contributed by atoms with E-state index in [1.54, 1.807) is 12.1 Å². The van der Waals surface area contributed by atoms with Gasteiger partial charge in [0, 0.05) is 22.4 Å². The SMILES string of the molecule is CC(C)c1cc(Br)cc(C(C)C)c1-n1ccnc1-c1cccc(O)c1. The van der Waals surface area contributed by atoms with Crippen LogP contribution >= 0.6 is 15.9 Å². The van der Waals surface area contributed by atoms with E-state index in [0.29, 0.717) is 11.8 Å². The fourth-order valence-corrected chi connectivity index (χ4v) is 3.64. The zero-order valence-corrected chi connectivity index (χ0v) is 16.6. The maximum atomic E-state index is 9.85. The first kappa shape index (κ1) is 17.7. The molecule has 0 aliphatic heterocycles. The summed E-state index contributed by atoms with van der Waals surface area (Å²) < 4.78 is 3.24. The Kier molecular flexibility index (Phi) is 5.00. The average Bonchev–Trinajstić information content (AvgIpc) is 3.03. The second kappa shape index (κ2) is 7.04. The van der Waals surface area contributed by atoms with Gasteiger partial charge in [0.25, 0.3) is 0 Å². The topological polar surface area (TPSA) is 38.0 Å². The van der Waals surface area contributed by atoms with E-state index in [0.717, 1.165) is 15.9 Å². The van der Waals surface area contributed by atoms with Gasteiger partial charge in [-0.25, -0.2) is 4.98 Å². The molecule has 3 rings (SSSR count). The van der Waals surface area contributed by atoms with Crippen LogP contribution in [0.1, 0.15) is 50.7 Å². The van der Waals surface area contributed by atoms with Crippen LogP contribution in [0.5, 0.6) is 5.75 Å². The van der Waals surface area contributed by atoms with Crippen molar-refractivity contribution in [3.63, 3.8) is 0 Å². The molecule has 1 N–H and O–H groups in total. The number of nitrogens with zero attached hydrogens (tertiary/aromatic N) is 2. The summed E-state index contributed by atoms with van der Waals surface area (Å²) in [5.41, 5.74) is 4.64. The minimum atomic E-state index is 0.246. The maximum Gasteiger partial charge on any atom is 0.144 e. The molecule has 0 atom stereocenters. The van der Waals surface area contributed by atoms with Crippen LogP contribution < -0.4 is 0 Å². The van der Waals surface area contributed by atoms with Crippen LogP contribution in [0.4, 0.5) is 0 Å². The molecule has 0 bridgehead atoms. The highest BCUT2D eigenvalue weighted by molar-refractivity contribution is 9.10. The predicted molar refractivity (Wildman–Crippen MR) is 107 cm³/mol. The Morgan fingerprint density at radius 2 is 1.64 bits per heavy atom. The largest absolute Gasteiger partial charge is 0.508 e. The Labute approximate surface area is 157 Å². The second-order valence-electron chi connectivity index (χ2n) is 6.91. The molecule has 1 heterocycles. The van der Waals surface area contributed by atoms with Gasteiger partial charge >= 0.3 is 0 Å².